The Hall–Kier alpha value is -1.23. The Kier molecular flexibility index (Phi) is 3.28. The average molecular weight is 244 g/mol. The Morgan fingerprint density at radius 1 is 1.29 bits per heavy atom. The largest absolute Gasteiger partial charge is 0.416 e. The molecule has 1 aliphatic heterocycles. The topological polar surface area (TPSA) is 29.3 Å². The Labute approximate surface area is 98.2 Å². The van der Waals surface area contributed by atoms with Crippen molar-refractivity contribution < 1.29 is 13.2 Å². The number of hydrogen-bond acceptors (Lipinski definition) is 2. The third kappa shape index (κ3) is 2.91. The summed E-state index contributed by atoms with van der Waals surface area (Å²) in [5.74, 6) is 0. The summed E-state index contributed by atoms with van der Waals surface area (Å²) >= 11 is 0. The molecule has 1 atom stereocenters. The Morgan fingerprint density at radius 3 is 2.71 bits per heavy atom. The lowest BCUT2D eigenvalue weighted by molar-refractivity contribution is -0.137. The van der Waals surface area contributed by atoms with Crippen LogP contribution < -0.4 is 10.6 Å². The third-order valence-corrected chi connectivity index (χ3v) is 3.00. The Bertz CT molecular complexity index is 390. The molecule has 0 spiro atoms. The molecule has 1 saturated heterocycles. The fourth-order valence-corrected chi connectivity index (χ4v) is 2.12. The number of nitrogens with two attached hydrogens (primary N) is 1. The van der Waals surface area contributed by atoms with Gasteiger partial charge in [0.05, 0.1) is 5.56 Å². The first-order valence-corrected chi connectivity index (χ1v) is 5.64. The number of halogens is 3. The van der Waals surface area contributed by atoms with Crippen LogP contribution in [0.2, 0.25) is 0 Å². The quantitative estimate of drug-likeness (QED) is 0.822. The highest BCUT2D eigenvalue weighted by Gasteiger charge is 2.31. The zero-order valence-electron chi connectivity index (χ0n) is 9.37. The van der Waals surface area contributed by atoms with E-state index in [1.807, 2.05) is 4.90 Å². The minimum absolute atomic E-state index is 0.0540. The van der Waals surface area contributed by atoms with Crippen molar-refractivity contribution in [3.8, 4) is 0 Å². The lowest BCUT2D eigenvalue weighted by Crippen LogP contribution is -2.42. The van der Waals surface area contributed by atoms with Crippen LogP contribution in [0.4, 0.5) is 18.9 Å². The molecule has 1 fully saturated rings. The molecule has 1 aliphatic rings. The summed E-state index contributed by atoms with van der Waals surface area (Å²) in [5, 5.41) is 0. The number of hydrogen-bond donors (Lipinski definition) is 1. The highest BCUT2D eigenvalue weighted by Crippen LogP contribution is 2.32. The number of anilines is 1. The maximum Gasteiger partial charge on any atom is 0.416 e. The van der Waals surface area contributed by atoms with E-state index in [4.69, 9.17) is 5.73 Å². The van der Waals surface area contributed by atoms with Gasteiger partial charge in [-0.15, -0.1) is 0 Å². The zero-order chi connectivity index (χ0) is 12.5. The maximum atomic E-state index is 12.6. The van der Waals surface area contributed by atoms with Crippen molar-refractivity contribution in [2.24, 2.45) is 5.73 Å². The zero-order valence-corrected chi connectivity index (χ0v) is 9.37. The van der Waals surface area contributed by atoms with Gasteiger partial charge in [-0.2, -0.15) is 13.2 Å². The second kappa shape index (κ2) is 4.56. The van der Waals surface area contributed by atoms with E-state index in [0.29, 0.717) is 12.2 Å². The summed E-state index contributed by atoms with van der Waals surface area (Å²) in [6.45, 7) is 1.40. The molecular formula is C12H15F3N2. The number of alkyl halides is 3. The molecule has 2 nitrogen and oxygen atoms in total. The van der Waals surface area contributed by atoms with E-state index in [0.717, 1.165) is 25.5 Å². The van der Waals surface area contributed by atoms with E-state index in [1.54, 1.807) is 6.07 Å². The predicted octanol–water partition coefficient (Wildman–Crippen LogP) is 2.63. The van der Waals surface area contributed by atoms with Gasteiger partial charge >= 0.3 is 6.18 Å². The molecule has 1 heterocycles. The molecule has 17 heavy (non-hydrogen) atoms. The normalized spacial score (nSPS) is 21.6. The van der Waals surface area contributed by atoms with Gasteiger partial charge in [0.25, 0.3) is 0 Å². The molecule has 1 aromatic rings. The standard InChI is InChI=1S/C12H15F3N2/c13-12(14,15)9-3-1-5-11(7-9)17-6-2-4-10(16)8-17/h1,3,5,7,10H,2,4,6,8,16H2. The molecular weight excluding hydrogens is 229 g/mol. The first kappa shape index (κ1) is 12.2. The maximum absolute atomic E-state index is 12.6. The number of rotatable bonds is 1. The summed E-state index contributed by atoms with van der Waals surface area (Å²) in [6, 6.07) is 5.48. The lowest BCUT2D eigenvalue weighted by Gasteiger charge is -2.32. The van der Waals surface area contributed by atoms with E-state index in [9.17, 15) is 13.2 Å². The highest BCUT2D eigenvalue weighted by molar-refractivity contribution is 5.49. The van der Waals surface area contributed by atoms with E-state index >= 15 is 0 Å². The van der Waals surface area contributed by atoms with Crippen molar-refractivity contribution in [2.45, 2.75) is 25.1 Å². The molecule has 5 heteroatoms. The second-order valence-electron chi connectivity index (χ2n) is 4.40. The van der Waals surface area contributed by atoms with Gasteiger partial charge in [-0.1, -0.05) is 6.07 Å². The van der Waals surface area contributed by atoms with Crippen LogP contribution in [0.25, 0.3) is 0 Å². The Morgan fingerprint density at radius 2 is 2.06 bits per heavy atom. The van der Waals surface area contributed by atoms with E-state index in [-0.39, 0.29) is 6.04 Å². The minimum Gasteiger partial charge on any atom is -0.370 e. The van der Waals surface area contributed by atoms with Crippen molar-refractivity contribution in [1.29, 1.82) is 0 Å². The van der Waals surface area contributed by atoms with Gasteiger partial charge in [-0.05, 0) is 31.0 Å². The molecule has 1 aromatic carbocycles. The third-order valence-electron chi connectivity index (χ3n) is 3.00. The van der Waals surface area contributed by atoms with Gasteiger partial charge < -0.3 is 10.6 Å². The van der Waals surface area contributed by atoms with Crippen LogP contribution in [0.3, 0.4) is 0 Å². The summed E-state index contributed by atoms with van der Waals surface area (Å²) in [6.07, 6.45) is -2.42. The predicted molar refractivity (Wildman–Crippen MR) is 60.9 cm³/mol. The van der Waals surface area contributed by atoms with E-state index < -0.39 is 11.7 Å². The van der Waals surface area contributed by atoms with Crippen LogP contribution in [0.15, 0.2) is 24.3 Å². The van der Waals surface area contributed by atoms with E-state index in [2.05, 4.69) is 0 Å². The molecule has 0 bridgehead atoms. The molecule has 94 valence electrons. The second-order valence-corrected chi connectivity index (χ2v) is 4.40. The molecule has 0 aliphatic carbocycles. The van der Waals surface area contributed by atoms with Gasteiger partial charge in [0.1, 0.15) is 0 Å². The van der Waals surface area contributed by atoms with Crippen LogP contribution in [0.5, 0.6) is 0 Å². The molecule has 0 radical (unpaired) electrons. The monoisotopic (exact) mass is 244 g/mol. The summed E-state index contributed by atoms with van der Waals surface area (Å²) in [4.78, 5) is 1.92. The van der Waals surface area contributed by atoms with Gasteiger partial charge in [-0.3, -0.25) is 0 Å². The van der Waals surface area contributed by atoms with Crippen LogP contribution >= 0.6 is 0 Å². The number of benzene rings is 1. The number of nitrogens with zero attached hydrogens (tertiary/aromatic N) is 1. The van der Waals surface area contributed by atoms with Crippen molar-refractivity contribution in [1.82, 2.24) is 0 Å². The van der Waals surface area contributed by atoms with Crippen LogP contribution in [-0.2, 0) is 6.18 Å². The van der Waals surface area contributed by atoms with Crippen LogP contribution in [0.1, 0.15) is 18.4 Å². The molecule has 1 unspecified atom stereocenters. The Balaban J connectivity index is 2.21. The molecule has 2 N–H and O–H groups in total. The lowest BCUT2D eigenvalue weighted by atomic mass is 10.1. The fraction of sp³-hybridized carbons (Fsp3) is 0.500. The molecule has 0 aromatic heterocycles. The summed E-state index contributed by atoms with van der Waals surface area (Å²) in [7, 11) is 0. The first-order valence-electron chi connectivity index (χ1n) is 5.64. The van der Waals surface area contributed by atoms with Crippen LogP contribution in [-0.4, -0.2) is 19.1 Å². The van der Waals surface area contributed by atoms with Crippen molar-refractivity contribution in [3.63, 3.8) is 0 Å². The molecule has 0 saturated carbocycles. The average Bonchev–Trinajstić information content (AvgIpc) is 2.28. The molecule has 0 amide bonds. The molecule has 2 rings (SSSR count). The van der Waals surface area contributed by atoms with Crippen LogP contribution in [0, 0.1) is 0 Å². The van der Waals surface area contributed by atoms with Crippen molar-refractivity contribution in [2.75, 3.05) is 18.0 Å². The van der Waals surface area contributed by atoms with Gasteiger partial charge in [-0.25, -0.2) is 0 Å². The van der Waals surface area contributed by atoms with Gasteiger partial charge in [0.2, 0.25) is 0 Å². The fourth-order valence-electron chi connectivity index (χ4n) is 2.12. The van der Waals surface area contributed by atoms with E-state index in [1.165, 1.54) is 12.1 Å². The number of piperidine rings is 1. The first-order chi connectivity index (χ1) is 7.97. The highest BCUT2D eigenvalue weighted by atomic mass is 19.4. The summed E-state index contributed by atoms with van der Waals surface area (Å²) in [5.41, 5.74) is 5.83. The smallest absolute Gasteiger partial charge is 0.370 e. The van der Waals surface area contributed by atoms with Gasteiger partial charge in [0, 0.05) is 24.8 Å². The van der Waals surface area contributed by atoms with Crippen molar-refractivity contribution >= 4 is 5.69 Å². The summed E-state index contributed by atoms with van der Waals surface area (Å²) < 4.78 is 37.7. The SMILES string of the molecule is NC1CCCN(c2cccc(C(F)(F)F)c2)C1. The van der Waals surface area contributed by atoms with Crippen molar-refractivity contribution in [3.05, 3.63) is 29.8 Å². The minimum atomic E-state index is -4.28. The van der Waals surface area contributed by atoms with Gasteiger partial charge in [0.15, 0.2) is 0 Å².